The topological polar surface area (TPSA) is 127 Å². The van der Waals surface area contributed by atoms with E-state index in [1.54, 1.807) is 6.08 Å². The van der Waals surface area contributed by atoms with E-state index in [4.69, 9.17) is 15.3 Å². The number of carboxylic acids is 2. The van der Waals surface area contributed by atoms with Crippen LogP contribution >= 0.6 is 11.8 Å². The fourth-order valence-electron chi connectivity index (χ4n) is 1.75. The Morgan fingerprint density at radius 3 is 2.55 bits per heavy atom. The lowest BCUT2D eigenvalue weighted by molar-refractivity contribution is -0.145. The van der Waals surface area contributed by atoms with E-state index in [1.807, 2.05) is 0 Å². The Labute approximate surface area is 120 Å². The summed E-state index contributed by atoms with van der Waals surface area (Å²) in [5, 5.41) is 35.5. The highest BCUT2D eigenvalue weighted by Gasteiger charge is 2.39. The number of aliphatic hydroxyl groups is 2. The van der Waals surface area contributed by atoms with Crippen LogP contribution in [-0.2, 0) is 9.59 Å². The molecule has 0 aromatic rings. The van der Waals surface area contributed by atoms with E-state index in [9.17, 15) is 14.7 Å². The number of aliphatic hydroxyl groups excluding tert-OH is 2. The van der Waals surface area contributed by atoms with Gasteiger partial charge in [-0.2, -0.15) is 0 Å². The molecule has 0 radical (unpaired) electrons. The quantitative estimate of drug-likeness (QED) is 0.499. The van der Waals surface area contributed by atoms with Crippen LogP contribution in [0.4, 0.5) is 0 Å². The molecule has 112 valence electrons. The number of carbonyl (C=O) groups is 2. The predicted molar refractivity (Wildman–Crippen MR) is 73.7 cm³/mol. The van der Waals surface area contributed by atoms with E-state index < -0.39 is 29.3 Å². The van der Waals surface area contributed by atoms with Gasteiger partial charge in [0.1, 0.15) is 11.3 Å². The van der Waals surface area contributed by atoms with Crippen LogP contribution in [0.3, 0.4) is 0 Å². The van der Waals surface area contributed by atoms with Crippen molar-refractivity contribution in [2.75, 3.05) is 6.61 Å². The number of rotatable bonds is 7. The molecule has 8 heteroatoms. The molecule has 0 spiro atoms. The summed E-state index contributed by atoms with van der Waals surface area (Å²) in [5.41, 5.74) is -0.190. The van der Waals surface area contributed by atoms with Crippen molar-refractivity contribution in [3.8, 4) is 0 Å². The third-order valence-electron chi connectivity index (χ3n) is 2.74. The Morgan fingerprint density at radius 2 is 2.10 bits per heavy atom. The molecule has 0 saturated heterocycles. The molecule has 0 aromatic carbocycles. The van der Waals surface area contributed by atoms with Crippen LogP contribution in [0.15, 0.2) is 16.0 Å². The molecule has 0 aliphatic carbocycles. The summed E-state index contributed by atoms with van der Waals surface area (Å²) < 4.78 is 0. The molecular weight excluding hydrogens is 286 g/mol. The minimum absolute atomic E-state index is 0.0111. The number of carboxylic acid groups (broad SMARTS) is 2. The first-order valence-electron chi connectivity index (χ1n) is 6.08. The Kier molecular flexibility index (Phi) is 6.18. The Hall–Kier alpha value is -1.38. The fraction of sp³-hybridized carbons (Fsp3) is 0.583. The predicted octanol–water partition coefficient (Wildman–Crippen LogP) is 0.323. The monoisotopic (exact) mass is 303 g/mol. The van der Waals surface area contributed by atoms with E-state index in [1.165, 1.54) is 6.92 Å². The van der Waals surface area contributed by atoms with Crippen LogP contribution in [-0.4, -0.2) is 56.2 Å². The molecule has 7 nitrogen and oxygen atoms in total. The number of allylic oxidation sites excluding steroid dienone is 1. The average molecular weight is 303 g/mol. The van der Waals surface area contributed by atoms with Gasteiger partial charge in [-0.25, -0.2) is 4.79 Å². The minimum Gasteiger partial charge on any atom is -0.481 e. The van der Waals surface area contributed by atoms with Crippen molar-refractivity contribution < 1.29 is 30.0 Å². The van der Waals surface area contributed by atoms with E-state index >= 15 is 0 Å². The molecule has 4 N–H and O–H groups in total. The average Bonchev–Trinajstić information content (AvgIpc) is 2.72. The van der Waals surface area contributed by atoms with E-state index in [2.05, 4.69) is 4.99 Å². The zero-order valence-electron chi connectivity index (χ0n) is 10.9. The maximum absolute atomic E-state index is 11.1. The maximum atomic E-state index is 11.1. The molecule has 1 aliphatic heterocycles. The van der Waals surface area contributed by atoms with Gasteiger partial charge in [-0.1, -0.05) is 17.8 Å². The Morgan fingerprint density at radius 1 is 1.45 bits per heavy atom. The Balaban J connectivity index is 2.96. The van der Waals surface area contributed by atoms with Crippen LogP contribution in [0.2, 0.25) is 0 Å². The molecule has 0 bridgehead atoms. The molecule has 3 atom stereocenters. The molecule has 0 fully saturated rings. The molecule has 0 unspecified atom stereocenters. The first-order valence-corrected chi connectivity index (χ1v) is 6.96. The molecular formula is C12H17NO6S. The van der Waals surface area contributed by atoms with Crippen molar-refractivity contribution in [1.82, 2.24) is 0 Å². The number of aliphatic imine (C=N–C) groups is 1. The number of nitrogens with zero attached hydrogens (tertiary/aromatic N) is 1. The lowest BCUT2D eigenvalue weighted by Crippen LogP contribution is -2.33. The zero-order chi connectivity index (χ0) is 15.3. The second-order valence-corrected chi connectivity index (χ2v) is 5.49. The maximum Gasteiger partial charge on any atom is 0.355 e. The minimum atomic E-state index is -1.23. The summed E-state index contributed by atoms with van der Waals surface area (Å²) in [6.07, 6.45) is 1.44. The van der Waals surface area contributed by atoms with Crippen LogP contribution in [0, 0.1) is 5.92 Å². The van der Waals surface area contributed by atoms with Gasteiger partial charge in [0, 0.05) is 11.5 Å². The van der Waals surface area contributed by atoms with Gasteiger partial charge in [0.05, 0.1) is 6.10 Å². The Bertz CT molecular complexity index is 445. The van der Waals surface area contributed by atoms with Gasteiger partial charge in [-0.15, -0.1) is 0 Å². The van der Waals surface area contributed by atoms with Crippen molar-refractivity contribution in [2.45, 2.75) is 31.2 Å². The van der Waals surface area contributed by atoms with Crippen molar-refractivity contribution in [2.24, 2.45) is 10.9 Å². The normalized spacial score (nSPS) is 23.4. The second-order valence-electron chi connectivity index (χ2n) is 4.33. The highest BCUT2D eigenvalue weighted by molar-refractivity contribution is 8.05. The third-order valence-corrected chi connectivity index (χ3v) is 4.00. The molecule has 1 rings (SSSR count). The number of unbranched alkanes of at least 4 members (excludes halogenated alkanes) is 1. The van der Waals surface area contributed by atoms with Crippen molar-refractivity contribution in [3.63, 3.8) is 0 Å². The number of hydrogen-bond acceptors (Lipinski definition) is 6. The van der Waals surface area contributed by atoms with Gasteiger partial charge in [-0.3, -0.25) is 9.79 Å². The van der Waals surface area contributed by atoms with E-state index in [0.717, 1.165) is 11.8 Å². The zero-order valence-corrected chi connectivity index (χ0v) is 11.7. The number of hydrogen-bond donors (Lipinski definition) is 4. The van der Waals surface area contributed by atoms with Gasteiger partial charge >= 0.3 is 11.9 Å². The molecule has 1 heterocycles. The SMILES string of the molecule is C[C@H](O)[C@@H](C(=O)O)[C@H]1N=C(C(=O)O)/C(=C/CCCO)S1. The van der Waals surface area contributed by atoms with Crippen LogP contribution in [0.1, 0.15) is 19.8 Å². The summed E-state index contributed by atoms with van der Waals surface area (Å²) in [6.45, 7) is 1.33. The van der Waals surface area contributed by atoms with Gasteiger partial charge in [0.2, 0.25) is 0 Å². The van der Waals surface area contributed by atoms with Crippen LogP contribution in [0.25, 0.3) is 0 Å². The second kappa shape index (κ2) is 7.41. The third kappa shape index (κ3) is 4.06. The largest absolute Gasteiger partial charge is 0.481 e. The van der Waals surface area contributed by atoms with E-state index in [0.29, 0.717) is 17.7 Å². The summed E-state index contributed by atoms with van der Waals surface area (Å²) in [5.74, 6) is -3.62. The fourth-order valence-corrected chi connectivity index (χ4v) is 3.13. The highest BCUT2D eigenvalue weighted by Crippen LogP contribution is 2.37. The van der Waals surface area contributed by atoms with Gasteiger partial charge < -0.3 is 20.4 Å². The summed E-state index contributed by atoms with van der Waals surface area (Å²) in [4.78, 5) is 26.5. The smallest absolute Gasteiger partial charge is 0.355 e. The molecule has 20 heavy (non-hydrogen) atoms. The summed E-state index contributed by atoms with van der Waals surface area (Å²) in [7, 11) is 0. The summed E-state index contributed by atoms with van der Waals surface area (Å²) in [6, 6.07) is 0. The summed E-state index contributed by atoms with van der Waals surface area (Å²) >= 11 is 1.02. The lowest BCUT2D eigenvalue weighted by atomic mass is 10.0. The first kappa shape index (κ1) is 16.7. The number of thioether (sulfide) groups is 1. The van der Waals surface area contributed by atoms with Gasteiger partial charge in [0.25, 0.3) is 0 Å². The van der Waals surface area contributed by atoms with Crippen LogP contribution < -0.4 is 0 Å². The molecule has 1 aliphatic rings. The number of aliphatic carboxylic acids is 2. The van der Waals surface area contributed by atoms with E-state index in [-0.39, 0.29) is 12.3 Å². The van der Waals surface area contributed by atoms with Crippen molar-refractivity contribution in [3.05, 3.63) is 11.0 Å². The van der Waals surface area contributed by atoms with Gasteiger partial charge in [-0.05, 0) is 19.8 Å². The highest BCUT2D eigenvalue weighted by atomic mass is 32.2. The molecule has 0 amide bonds. The van der Waals surface area contributed by atoms with Crippen molar-refractivity contribution >= 4 is 29.4 Å². The van der Waals surface area contributed by atoms with Crippen molar-refractivity contribution in [1.29, 1.82) is 0 Å². The standard InChI is InChI=1S/C12H17NO6S/c1-6(15)8(11(16)17)10-13-9(12(18)19)7(20-10)4-2-3-5-14/h4,6,8,10,14-15H,2-3,5H2,1H3,(H,16,17)(H,18,19)/b7-4-/t6-,8+,10-/m0/s1. The molecule has 0 saturated carbocycles. The lowest BCUT2D eigenvalue weighted by Gasteiger charge is -2.18. The van der Waals surface area contributed by atoms with Crippen LogP contribution in [0.5, 0.6) is 0 Å². The van der Waals surface area contributed by atoms with Gasteiger partial charge in [0.15, 0.2) is 5.71 Å². The first-order chi connectivity index (χ1) is 9.38. The molecule has 0 aromatic heterocycles.